The molecule has 0 radical (unpaired) electrons. The molecule has 0 aliphatic rings. The van der Waals surface area contributed by atoms with Crippen molar-refractivity contribution >= 4 is 11.6 Å². The fraction of sp³-hybridized carbons (Fsp3) is 0.167. The van der Waals surface area contributed by atoms with Crippen molar-refractivity contribution in [2.24, 2.45) is 5.10 Å². The summed E-state index contributed by atoms with van der Waals surface area (Å²) in [7, 11) is 3.16. The van der Waals surface area contributed by atoms with E-state index in [4.69, 9.17) is 14.2 Å². The lowest BCUT2D eigenvalue weighted by molar-refractivity contribution is -0.123. The van der Waals surface area contributed by atoms with Gasteiger partial charge in [0.1, 0.15) is 17.2 Å². The first-order chi connectivity index (χ1) is 14.6. The van der Waals surface area contributed by atoms with Gasteiger partial charge in [0.25, 0.3) is 5.91 Å². The zero-order valence-corrected chi connectivity index (χ0v) is 17.2. The van der Waals surface area contributed by atoms with Crippen molar-refractivity contribution in [3.8, 4) is 28.4 Å². The third-order valence-electron chi connectivity index (χ3n) is 4.48. The van der Waals surface area contributed by atoms with Crippen LogP contribution < -0.4 is 19.6 Å². The summed E-state index contributed by atoms with van der Waals surface area (Å²) < 4.78 is 16.3. The second kappa shape index (κ2) is 10.1. The minimum Gasteiger partial charge on any atom is -0.497 e. The first-order valence-electron chi connectivity index (χ1n) is 9.45. The van der Waals surface area contributed by atoms with Crippen LogP contribution in [0.2, 0.25) is 0 Å². The van der Waals surface area contributed by atoms with Crippen LogP contribution in [0.1, 0.15) is 12.5 Å². The number of rotatable bonds is 8. The Morgan fingerprint density at radius 1 is 0.900 bits per heavy atom. The summed E-state index contributed by atoms with van der Waals surface area (Å²) in [6, 6.07) is 22.9. The second-order valence-corrected chi connectivity index (χ2v) is 6.45. The molecule has 6 heteroatoms. The molecular weight excluding hydrogens is 380 g/mol. The number of nitrogens with one attached hydrogen (secondary N) is 1. The molecule has 3 aromatic carbocycles. The van der Waals surface area contributed by atoms with Gasteiger partial charge in [0.2, 0.25) is 0 Å². The molecule has 0 aliphatic heterocycles. The Labute approximate surface area is 176 Å². The Balaban J connectivity index is 1.65. The Morgan fingerprint density at radius 2 is 1.63 bits per heavy atom. The molecule has 1 amide bonds. The Bertz CT molecular complexity index is 1030. The molecule has 0 fully saturated rings. The summed E-state index contributed by atoms with van der Waals surface area (Å²) in [6.07, 6.45) is 0. The van der Waals surface area contributed by atoms with Crippen LogP contribution in [0.3, 0.4) is 0 Å². The predicted octanol–water partition coefficient (Wildman–Crippen LogP) is 4.29. The number of ether oxygens (including phenoxy) is 3. The number of hydrazone groups is 1. The second-order valence-electron chi connectivity index (χ2n) is 6.45. The minimum absolute atomic E-state index is 0.152. The predicted molar refractivity (Wildman–Crippen MR) is 117 cm³/mol. The van der Waals surface area contributed by atoms with Gasteiger partial charge in [-0.25, -0.2) is 5.43 Å². The van der Waals surface area contributed by atoms with Gasteiger partial charge in [-0.2, -0.15) is 5.10 Å². The number of amides is 1. The van der Waals surface area contributed by atoms with Gasteiger partial charge >= 0.3 is 0 Å². The summed E-state index contributed by atoms with van der Waals surface area (Å²) in [6.45, 7) is 1.64. The quantitative estimate of drug-likeness (QED) is 0.449. The van der Waals surface area contributed by atoms with Crippen LogP contribution in [-0.4, -0.2) is 32.4 Å². The number of carbonyl (C=O) groups is 1. The molecule has 0 spiro atoms. The number of benzene rings is 3. The third-order valence-corrected chi connectivity index (χ3v) is 4.48. The van der Waals surface area contributed by atoms with Gasteiger partial charge in [0.05, 0.1) is 19.9 Å². The standard InChI is InChI=1S/C24H24N2O4/c1-17(20-14-13-19(28-2)15-23(20)29-3)25-26-24(27)16-30-22-12-8-7-11-21(22)18-9-5-4-6-10-18/h4-15H,16H2,1-3H3,(H,26,27)/b25-17+. The zero-order chi connectivity index (χ0) is 21.3. The highest BCUT2D eigenvalue weighted by molar-refractivity contribution is 6.01. The van der Waals surface area contributed by atoms with Crippen LogP contribution in [0.25, 0.3) is 11.1 Å². The average Bonchev–Trinajstić information content (AvgIpc) is 2.81. The van der Waals surface area contributed by atoms with E-state index in [-0.39, 0.29) is 12.5 Å². The highest BCUT2D eigenvalue weighted by Gasteiger charge is 2.10. The SMILES string of the molecule is COc1ccc(/C(C)=N/NC(=O)COc2ccccc2-c2ccccc2)c(OC)c1. The fourth-order valence-electron chi connectivity index (χ4n) is 2.93. The van der Waals surface area contributed by atoms with Gasteiger partial charge < -0.3 is 14.2 Å². The molecule has 0 saturated carbocycles. The number of methoxy groups -OCH3 is 2. The lowest BCUT2D eigenvalue weighted by Gasteiger charge is -2.12. The van der Waals surface area contributed by atoms with E-state index in [0.29, 0.717) is 23.0 Å². The highest BCUT2D eigenvalue weighted by Crippen LogP contribution is 2.29. The molecule has 154 valence electrons. The number of para-hydroxylation sites is 1. The van der Waals surface area contributed by atoms with Crippen molar-refractivity contribution in [3.05, 3.63) is 78.4 Å². The van der Waals surface area contributed by atoms with Crippen molar-refractivity contribution in [1.82, 2.24) is 5.43 Å². The summed E-state index contributed by atoms with van der Waals surface area (Å²) in [5.74, 6) is 1.57. The lowest BCUT2D eigenvalue weighted by atomic mass is 10.1. The molecular formula is C24H24N2O4. The number of nitrogens with zero attached hydrogens (tertiary/aromatic N) is 1. The number of hydrogen-bond acceptors (Lipinski definition) is 5. The minimum atomic E-state index is -0.357. The topological polar surface area (TPSA) is 69.2 Å². The fourth-order valence-corrected chi connectivity index (χ4v) is 2.93. The van der Waals surface area contributed by atoms with E-state index in [9.17, 15) is 4.79 Å². The molecule has 0 unspecified atom stereocenters. The molecule has 6 nitrogen and oxygen atoms in total. The van der Waals surface area contributed by atoms with Crippen LogP contribution in [0.5, 0.6) is 17.2 Å². The Morgan fingerprint density at radius 3 is 2.37 bits per heavy atom. The van der Waals surface area contributed by atoms with Gasteiger partial charge in [-0.3, -0.25) is 4.79 Å². The normalized spacial score (nSPS) is 11.0. The molecule has 0 atom stereocenters. The smallest absolute Gasteiger partial charge is 0.277 e. The van der Waals surface area contributed by atoms with Gasteiger partial charge in [-0.05, 0) is 30.7 Å². The molecule has 0 heterocycles. The van der Waals surface area contributed by atoms with Gasteiger partial charge in [0.15, 0.2) is 6.61 Å². The van der Waals surface area contributed by atoms with Crippen molar-refractivity contribution in [2.75, 3.05) is 20.8 Å². The van der Waals surface area contributed by atoms with Crippen molar-refractivity contribution < 1.29 is 19.0 Å². The summed E-state index contributed by atoms with van der Waals surface area (Å²) >= 11 is 0. The number of carbonyl (C=O) groups excluding carboxylic acids is 1. The van der Waals surface area contributed by atoms with E-state index in [1.54, 1.807) is 27.2 Å². The Hall–Kier alpha value is -3.80. The third kappa shape index (κ3) is 5.17. The van der Waals surface area contributed by atoms with E-state index in [1.165, 1.54) is 0 Å². The lowest BCUT2D eigenvalue weighted by Crippen LogP contribution is -2.25. The maximum absolute atomic E-state index is 12.3. The average molecular weight is 404 g/mol. The summed E-state index contributed by atoms with van der Waals surface area (Å²) in [5.41, 5.74) is 5.84. The molecule has 30 heavy (non-hydrogen) atoms. The maximum Gasteiger partial charge on any atom is 0.277 e. The monoisotopic (exact) mass is 404 g/mol. The van der Waals surface area contributed by atoms with E-state index in [2.05, 4.69) is 10.5 Å². The van der Waals surface area contributed by atoms with Crippen LogP contribution in [0.15, 0.2) is 77.9 Å². The zero-order valence-electron chi connectivity index (χ0n) is 17.2. The maximum atomic E-state index is 12.3. The van der Waals surface area contributed by atoms with Crippen molar-refractivity contribution in [2.45, 2.75) is 6.92 Å². The summed E-state index contributed by atoms with van der Waals surface area (Å²) in [4.78, 5) is 12.3. The number of hydrogen-bond donors (Lipinski definition) is 1. The Kier molecular flexibility index (Phi) is 7.05. The van der Waals surface area contributed by atoms with E-state index in [0.717, 1.165) is 16.7 Å². The molecule has 0 aromatic heterocycles. The van der Waals surface area contributed by atoms with Gasteiger partial charge in [-0.1, -0.05) is 48.5 Å². The van der Waals surface area contributed by atoms with E-state index < -0.39 is 0 Å². The van der Waals surface area contributed by atoms with E-state index in [1.807, 2.05) is 66.7 Å². The van der Waals surface area contributed by atoms with Crippen molar-refractivity contribution in [1.29, 1.82) is 0 Å². The van der Waals surface area contributed by atoms with Crippen LogP contribution in [-0.2, 0) is 4.79 Å². The van der Waals surface area contributed by atoms with E-state index >= 15 is 0 Å². The molecule has 0 aliphatic carbocycles. The van der Waals surface area contributed by atoms with Crippen LogP contribution in [0.4, 0.5) is 0 Å². The molecule has 3 aromatic rings. The largest absolute Gasteiger partial charge is 0.497 e. The molecule has 0 bridgehead atoms. The summed E-state index contributed by atoms with van der Waals surface area (Å²) in [5, 5.41) is 4.17. The molecule has 3 rings (SSSR count). The van der Waals surface area contributed by atoms with Crippen LogP contribution >= 0.6 is 0 Å². The molecule has 1 N–H and O–H groups in total. The first kappa shape index (κ1) is 20.9. The van der Waals surface area contributed by atoms with Crippen LogP contribution in [0, 0.1) is 0 Å². The van der Waals surface area contributed by atoms with Crippen molar-refractivity contribution in [3.63, 3.8) is 0 Å². The molecule has 0 saturated heterocycles. The highest BCUT2D eigenvalue weighted by atomic mass is 16.5. The first-order valence-corrected chi connectivity index (χ1v) is 9.45. The van der Waals surface area contributed by atoms with Gasteiger partial charge in [0, 0.05) is 17.2 Å². The van der Waals surface area contributed by atoms with Gasteiger partial charge in [-0.15, -0.1) is 0 Å².